The summed E-state index contributed by atoms with van der Waals surface area (Å²) < 4.78 is 6.90. The molecule has 0 saturated carbocycles. The van der Waals surface area contributed by atoms with E-state index in [1.165, 1.54) is 9.75 Å². The number of tetrazole rings is 1. The molecule has 6 nitrogen and oxygen atoms in total. The molecule has 2 aromatic heterocycles. The van der Waals surface area contributed by atoms with E-state index in [2.05, 4.69) is 46.8 Å². The van der Waals surface area contributed by atoms with Crippen LogP contribution in [0.1, 0.15) is 28.5 Å². The van der Waals surface area contributed by atoms with Gasteiger partial charge < -0.3 is 10.1 Å². The molecule has 110 valence electrons. The van der Waals surface area contributed by atoms with Crippen molar-refractivity contribution in [3.63, 3.8) is 0 Å². The lowest BCUT2D eigenvalue weighted by Gasteiger charge is -2.12. The number of rotatable bonds is 8. The molecule has 20 heavy (non-hydrogen) atoms. The molecule has 0 radical (unpaired) electrons. The number of nitrogens with one attached hydrogen (secondary N) is 1. The molecule has 0 aromatic carbocycles. The number of thiophene rings is 1. The zero-order valence-electron chi connectivity index (χ0n) is 12.2. The quantitative estimate of drug-likeness (QED) is 0.749. The van der Waals surface area contributed by atoms with Gasteiger partial charge in [0.05, 0.1) is 19.2 Å². The Morgan fingerprint density at radius 2 is 2.30 bits per heavy atom. The Kier molecular flexibility index (Phi) is 5.63. The van der Waals surface area contributed by atoms with Crippen molar-refractivity contribution in [3.8, 4) is 0 Å². The van der Waals surface area contributed by atoms with E-state index in [4.69, 9.17) is 4.74 Å². The molecule has 1 atom stereocenters. The smallest absolute Gasteiger partial charge is 0.165 e. The molecule has 0 aliphatic carbocycles. The van der Waals surface area contributed by atoms with Crippen molar-refractivity contribution in [3.05, 3.63) is 27.7 Å². The first kappa shape index (κ1) is 15.1. The summed E-state index contributed by atoms with van der Waals surface area (Å²) in [5.41, 5.74) is 0. The first-order valence-electron chi connectivity index (χ1n) is 6.72. The normalized spacial score (nSPS) is 12.8. The van der Waals surface area contributed by atoms with Crippen LogP contribution in [0.2, 0.25) is 0 Å². The van der Waals surface area contributed by atoms with Gasteiger partial charge in [0.2, 0.25) is 0 Å². The van der Waals surface area contributed by atoms with Gasteiger partial charge >= 0.3 is 0 Å². The summed E-state index contributed by atoms with van der Waals surface area (Å²) in [6, 6.07) is 4.58. The van der Waals surface area contributed by atoms with Crippen molar-refractivity contribution < 1.29 is 4.74 Å². The second kappa shape index (κ2) is 7.47. The Balaban J connectivity index is 1.92. The molecule has 0 aliphatic rings. The fourth-order valence-electron chi connectivity index (χ4n) is 2.02. The van der Waals surface area contributed by atoms with Crippen molar-refractivity contribution in [2.75, 3.05) is 20.3 Å². The van der Waals surface area contributed by atoms with E-state index in [0.29, 0.717) is 13.2 Å². The van der Waals surface area contributed by atoms with E-state index in [9.17, 15) is 0 Å². The second-order valence-corrected chi connectivity index (χ2v) is 6.15. The number of hydrogen-bond acceptors (Lipinski definition) is 6. The van der Waals surface area contributed by atoms with E-state index in [1.54, 1.807) is 7.11 Å². The summed E-state index contributed by atoms with van der Waals surface area (Å²) in [4.78, 5) is 2.70. The molecule has 0 saturated heterocycles. The Hall–Kier alpha value is -1.31. The van der Waals surface area contributed by atoms with Crippen LogP contribution in [-0.2, 0) is 17.7 Å². The van der Waals surface area contributed by atoms with Crippen LogP contribution in [0.25, 0.3) is 0 Å². The van der Waals surface area contributed by atoms with Gasteiger partial charge in [-0.05, 0) is 36.4 Å². The van der Waals surface area contributed by atoms with Gasteiger partial charge in [-0.1, -0.05) is 0 Å². The van der Waals surface area contributed by atoms with Gasteiger partial charge in [0.15, 0.2) is 5.82 Å². The molecule has 2 rings (SSSR count). The number of ether oxygens (including phenoxy) is 1. The van der Waals surface area contributed by atoms with Gasteiger partial charge in [-0.2, -0.15) is 0 Å². The van der Waals surface area contributed by atoms with Crippen LogP contribution in [0.3, 0.4) is 0 Å². The molecule has 0 bridgehead atoms. The summed E-state index contributed by atoms with van der Waals surface area (Å²) in [6.07, 6.45) is 0.953. The molecule has 1 N–H and O–H groups in total. The molecule has 0 spiro atoms. The maximum Gasteiger partial charge on any atom is 0.165 e. The van der Waals surface area contributed by atoms with E-state index < -0.39 is 0 Å². The van der Waals surface area contributed by atoms with Crippen LogP contribution in [0.5, 0.6) is 0 Å². The maximum atomic E-state index is 5.00. The molecule has 7 heteroatoms. The number of hydrogen-bond donors (Lipinski definition) is 1. The van der Waals surface area contributed by atoms with Crippen molar-refractivity contribution in [1.82, 2.24) is 25.5 Å². The highest BCUT2D eigenvalue weighted by Gasteiger charge is 2.14. The average molecular weight is 295 g/mol. The SMILES string of the molecule is COCCNCc1nnnn1C(C)Cc1ccc(C)s1. The summed E-state index contributed by atoms with van der Waals surface area (Å²) in [5.74, 6) is 0.863. The zero-order chi connectivity index (χ0) is 14.4. The lowest BCUT2D eigenvalue weighted by Crippen LogP contribution is -2.23. The topological polar surface area (TPSA) is 64.9 Å². The summed E-state index contributed by atoms with van der Waals surface area (Å²) in [6.45, 7) is 6.41. The molecular formula is C13H21N5OS. The van der Waals surface area contributed by atoms with Crippen LogP contribution in [0, 0.1) is 6.92 Å². The van der Waals surface area contributed by atoms with Crippen LogP contribution >= 0.6 is 11.3 Å². The molecule has 2 aromatic rings. The van der Waals surface area contributed by atoms with Gasteiger partial charge in [0, 0.05) is 29.8 Å². The van der Waals surface area contributed by atoms with Gasteiger partial charge in [-0.25, -0.2) is 4.68 Å². The highest BCUT2D eigenvalue weighted by atomic mass is 32.1. The Bertz CT molecular complexity index is 524. The minimum atomic E-state index is 0.252. The first-order chi connectivity index (χ1) is 9.70. The van der Waals surface area contributed by atoms with Gasteiger partial charge in [-0.3, -0.25) is 0 Å². The molecule has 0 amide bonds. The van der Waals surface area contributed by atoms with Crippen molar-refractivity contribution in [2.24, 2.45) is 0 Å². The second-order valence-electron chi connectivity index (χ2n) is 4.77. The Labute approximate surface area is 123 Å². The Morgan fingerprint density at radius 1 is 1.45 bits per heavy atom. The third-order valence-corrected chi connectivity index (χ3v) is 4.06. The van der Waals surface area contributed by atoms with Crippen molar-refractivity contribution in [1.29, 1.82) is 0 Å². The van der Waals surface area contributed by atoms with Crippen LogP contribution < -0.4 is 5.32 Å². The molecule has 2 heterocycles. The molecule has 0 fully saturated rings. The zero-order valence-corrected chi connectivity index (χ0v) is 13.0. The monoisotopic (exact) mass is 295 g/mol. The highest BCUT2D eigenvalue weighted by molar-refractivity contribution is 7.11. The van der Waals surface area contributed by atoms with Crippen molar-refractivity contribution in [2.45, 2.75) is 32.9 Å². The van der Waals surface area contributed by atoms with Gasteiger partial charge in [0.25, 0.3) is 0 Å². The lowest BCUT2D eigenvalue weighted by molar-refractivity contribution is 0.198. The fraction of sp³-hybridized carbons (Fsp3) is 0.615. The molecule has 0 aliphatic heterocycles. The number of aromatic nitrogens is 4. The summed E-state index contributed by atoms with van der Waals surface area (Å²) >= 11 is 1.83. The minimum Gasteiger partial charge on any atom is -0.383 e. The lowest BCUT2D eigenvalue weighted by atomic mass is 10.2. The Morgan fingerprint density at radius 3 is 3.00 bits per heavy atom. The maximum absolute atomic E-state index is 5.00. The van der Waals surface area contributed by atoms with Crippen LogP contribution in [0.4, 0.5) is 0 Å². The first-order valence-corrected chi connectivity index (χ1v) is 7.54. The number of methoxy groups -OCH3 is 1. The van der Waals surface area contributed by atoms with Crippen molar-refractivity contribution >= 4 is 11.3 Å². The third kappa shape index (κ3) is 4.09. The molecular weight excluding hydrogens is 274 g/mol. The largest absolute Gasteiger partial charge is 0.383 e. The molecule has 1 unspecified atom stereocenters. The number of aryl methyl sites for hydroxylation is 1. The van der Waals surface area contributed by atoms with Gasteiger partial charge in [-0.15, -0.1) is 16.4 Å². The van der Waals surface area contributed by atoms with Crippen LogP contribution in [0.15, 0.2) is 12.1 Å². The van der Waals surface area contributed by atoms with E-state index >= 15 is 0 Å². The highest BCUT2D eigenvalue weighted by Crippen LogP contribution is 2.21. The summed E-state index contributed by atoms with van der Waals surface area (Å²) in [7, 11) is 1.69. The number of nitrogens with zero attached hydrogens (tertiary/aromatic N) is 4. The standard InChI is InChI=1S/C13H21N5OS/c1-10(8-12-5-4-11(2)20-12)18-13(15-16-17-18)9-14-6-7-19-3/h4-5,10,14H,6-9H2,1-3H3. The predicted octanol–water partition coefficient (Wildman–Crippen LogP) is 1.58. The predicted molar refractivity (Wildman–Crippen MR) is 78.9 cm³/mol. The minimum absolute atomic E-state index is 0.252. The third-order valence-electron chi connectivity index (χ3n) is 3.04. The fourth-order valence-corrected chi connectivity index (χ4v) is 3.03. The summed E-state index contributed by atoms with van der Waals surface area (Å²) in [5, 5.41) is 15.2. The van der Waals surface area contributed by atoms with Gasteiger partial charge in [0.1, 0.15) is 0 Å². The van der Waals surface area contributed by atoms with Crippen LogP contribution in [-0.4, -0.2) is 40.5 Å². The van der Waals surface area contributed by atoms with E-state index in [1.807, 2.05) is 16.0 Å². The average Bonchev–Trinajstić information content (AvgIpc) is 3.04. The van der Waals surface area contributed by atoms with E-state index in [0.717, 1.165) is 18.8 Å². The van der Waals surface area contributed by atoms with E-state index in [-0.39, 0.29) is 6.04 Å².